The molecular formula is C10H15NOS. The summed E-state index contributed by atoms with van der Waals surface area (Å²) < 4.78 is 0. The highest BCUT2D eigenvalue weighted by molar-refractivity contribution is 7.12. The monoisotopic (exact) mass is 197 g/mol. The predicted molar refractivity (Wildman–Crippen MR) is 55.0 cm³/mol. The van der Waals surface area contributed by atoms with Crippen LogP contribution in [0, 0.1) is 0 Å². The smallest absolute Gasteiger partial charge is 0.100 e. The van der Waals surface area contributed by atoms with Crippen molar-refractivity contribution in [3.05, 3.63) is 21.4 Å². The molecule has 1 aliphatic rings. The van der Waals surface area contributed by atoms with E-state index in [4.69, 9.17) is 5.73 Å². The summed E-state index contributed by atoms with van der Waals surface area (Å²) in [6.45, 7) is 0.333. The molecule has 1 aromatic heterocycles. The zero-order valence-corrected chi connectivity index (χ0v) is 8.44. The molecule has 0 amide bonds. The van der Waals surface area contributed by atoms with E-state index in [1.54, 1.807) is 11.3 Å². The molecular weight excluding hydrogens is 182 g/mol. The first-order chi connectivity index (χ1) is 6.31. The molecule has 1 atom stereocenters. The molecule has 0 bridgehead atoms. The van der Waals surface area contributed by atoms with Crippen LogP contribution in [0.2, 0.25) is 0 Å². The van der Waals surface area contributed by atoms with Crippen molar-refractivity contribution in [2.75, 3.05) is 6.54 Å². The van der Waals surface area contributed by atoms with Crippen molar-refractivity contribution in [2.45, 2.75) is 31.8 Å². The molecule has 0 spiro atoms. The van der Waals surface area contributed by atoms with Gasteiger partial charge >= 0.3 is 0 Å². The molecule has 0 radical (unpaired) electrons. The quantitative estimate of drug-likeness (QED) is 0.756. The van der Waals surface area contributed by atoms with Crippen molar-refractivity contribution >= 4 is 11.3 Å². The van der Waals surface area contributed by atoms with Gasteiger partial charge in [0.1, 0.15) is 6.10 Å². The molecule has 0 saturated heterocycles. The summed E-state index contributed by atoms with van der Waals surface area (Å²) in [6.07, 6.45) is 4.52. The van der Waals surface area contributed by atoms with Crippen LogP contribution in [0.5, 0.6) is 0 Å². The van der Waals surface area contributed by atoms with Crippen LogP contribution in [0.1, 0.15) is 34.3 Å². The van der Waals surface area contributed by atoms with Crippen molar-refractivity contribution in [1.82, 2.24) is 0 Å². The molecule has 0 aliphatic heterocycles. The van der Waals surface area contributed by atoms with E-state index in [9.17, 15) is 5.11 Å². The first-order valence-corrected chi connectivity index (χ1v) is 5.62. The van der Waals surface area contributed by atoms with Gasteiger partial charge in [0.2, 0.25) is 0 Å². The Hall–Kier alpha value is -0.380. The van der Waals surface area contributed by atoms with Crippen LogP contribution in [0.15, 0.2) is 6.07 Å². The van der Waals surface area contributed by atoms with E-state index in [-0.39, 0.29) is 0 Å². The summed E-state index contributed by atoms with van der Waals surface area (Å²) in [5.74, 6) is 0. The minimum atomic E-state index is -0.449. The van der Waals surface area contributed by atoms with Crippen LogP contribution >= 0.6 is 11.3 Å². The summed E-state index contributed by atoms with van der Waals surface area (Å²) >= 11 is 1.74. The molecule has 1 aromatic rings. The van der Waals surface area contributed by atoms with Crippen LogP contribution < -0.4 is 5.73 Å². The Morgan fingerprint density at radius 3 is 2.92 bits per heavy atom. The number of nitrogens with two attached hydrogens (primary N) is 1. The van der Waals surface area contributed by atoms with Gasteiger partial charge in [0.15, 0.2) is 0 Å². The van der Waals surface area contributed by atoms with E-state index in [2.05, 4.69) is 6.07 Å². The number of aliphatic hydroxyl groups is 1. The highest BCUT2D eigenvalue weighted by Gasteiger charge is 2.16. The maximum atomic E-state index is 9.56. The molecule has 3 heteroatoms. The summed E-state index contributed by atoms with van der Waals surface area (Å²) in [4.78, 5) is 2.52. The maximum Gasteiger partial charge on any atom is 0.100 e. The lowest BCUT2D eigenvalue weighted by molar-refractivity contribution is 0.190. The number of rotatable bonds is 2. The molecule has 3 N–H and O–H groups in total. The summed E-state index contributed by atoms with van der Waals surface area (Å²) in [5.41, 5.74) is 6.86. The Balaban J connectivity index is 2.25. The molecule has 72 valence electrons. The lowest BCUT2D eigenvalue weighted by Crippen LogP contribution is -2.09. The van der Waals surface area contributed by atoms with Crippen molar-refractivity contribution < 1.29 is 5.11 Å². The van der Waals surface area contributed by atoms with Crippen molar-refractivity contribution in [1.29, 1.82) is 0 Å². The van der Waals surface area contributed by atoms with Gasteiger partial charge in [0.25, 0.3) is 0 Å². The highest BCUT2D eigenvalue weighted by Crippen LogP contribution is 2.32. The summed E-state index contributed by atoms with van der Waals surface area (Å²) in [7, 11) is 0. The lowest BCUT2D eigenvalue weighted by atomic mass is 9.99. The maximum absolute atomic E-state index is 9.56. The number of hydrogen-bond acceptors (Lipinski definition) is 3. The van der Waals surface area contributed by atoms with E-state index in [1.807, 2.05) is 0 Å². The fraction of sp³-hybridized carbons (Fsp3) is 0.600. The molecule has 1 unspecified atom stereocenters. The zero-order chi connectivity index (χ0) is 9.26. The Morgan fingerprint density at radius 1 is 1.46 bits per heavy atom. The summed E-state index contributed by atoms with van der Waals surface area (Å²) in [5, 5.41) is 9.56. The molecule has 0 aromatic carbocycles. The SMILES string of the molecule is NCC(O)c1cc2c(s1)CCCC2. The van der Waals surface area contributed by atoms with Gasteiger partial charge in [-0.05, 0) is 37.3 Å². The first-order valence-electron chi connectivity index (χ1n) is 4.81. The fourth-order valence-corrected chi connectivity index (χ4v) is 3.05. The molecule has 2 nitrogen and oxygen atoms in total. The molecule has 0 fully saturated rings. The van der Waals surface area contributed by atoms with Crippen LogP contribution in [0.3, 0.4) is 0 Å². The average molecular weight is 197 g/mol. The Bertz CT molecular complexity index is 272. The van der Waals surface area contributed by atoms with Crippen LogP contribution in [-0.4, -0.2) is 11.7 Å². The van der Waals surface area contributed by atoms with E-state index in [0.717, 1.165) is 4.88 Å². The second-order valence-electron chi connectivity index (χ2n) is 3.56. The van der Waals surface area contributed by atoms with Gasteiger partial charge in [-0.2, -0.15) is 0 Å². The van der Waals surface area contributed by atoms with E-state index < -0.39 is 6.10 Å². The van der Waals surface area contributed by atoms with Crippen LogP contribution in [0.4, 0.5) is 0 Å². The number of aliphatic hydroxyl groups excluding tert-OH is 1. The van der Waals surface area contributed by atoms with Gasteiger partial charge in [-0.25, -0.2) is 0 Å². The highest BCUT2D eigenvalue weighted by atomic mass is 32.1. The minimum Gasteiger partial charge on any atom is -0.386 e. The normalized spacial score (nSPS) is 18.3. The zero-order valence-electron chi connectivity index (χ0n) is 7.62. The molecule has 1 aliphatic carbocycles. The van der Waals surface area contributed by atoms with Gasteiger partial charge in [-0.1, -0.05) is 0 Å². The lowest BCUT2D eigenvalue weighted by Gasteiger charge is -2.08. The largest absolute Gasteiger partial charge is 0.386 e. The van der Waals surface area contributed by atoms with Crippen molar-refractivity contribution in [2.24, 2.45) is 5.73 Å². The van der Waals surface area contributed by atoms with Gasteiger partial charge in [0.05, 0.1) is 0 Å². The second-order valence-corrected chi connectivity index (χ2v) is 4.72. The van der Waals surface area contributed by atoms with Gasteiger partial charge in [0, 0.05) is 16.3 Å². The third-order valence-corrected chi connectivity index (χ3v) is 3.91. The molecule has 13 heavy (non-hydrogen) atoms. The Morgan fingerprint density at radius 2 is 2.23 bits per heavy atom. The number of hydrogen-bond donors (Lipinski definition) is 2. The standard InChI is InChI=1S/C10H15NOS/c11-6-8(12)10-5-7-3-1-2-4-9(7)13-10/h5,8,12H,1-4,6,11H2. The Labute approximate surface area is 82.4 Å². The van der Waals surface area contributed by atoms with Crippen molar-refractivity contribution in [3.8, 4) is 0 Å². The molecule has 1 heterocycles. The van der Waals surface area contributed by atoms with Gasteiger partial charge in [-0.3, -0.25) is 0 Å². The van der Waals surface area contributed by atoms with Crippen LogP contribution in [-0.2, 0) is 12.8 Å². The second kappa shape index (κ2) is 3.78. The third kappa shape index (κ3) is 1.77. The predicted octanol–water partition coefficient (Wildman–Crippen LogP) is 1.62. The number of aryl methyl sites for hydroxylation is 2. The Kier molecular flexibility index (Phi) is 2.67. The first kappa shape index (κ1) is 9.19. The van der Waals surface area contributed by atoms with E-state index in [0.29, 0.717) is 6.54 Å². The molecule has 2 rings (SSSR count). The number of thiophene rings is 1. The van der Waals surface area contributed by atoms with Gasteiger partial charge < -0.3 is 10.8 Å². The van der Waals surface area contributed by atoms with E-state index in [1.165, 1.54) is 36.1 Å². The number of fused-ring (bicyclic) bond motifs is 1. The minimum absolute atomic E-state index is 0.333. The van der Waals surface area contributed by atoms with E-state index >= 15 is 0 Å². The molecule has 0 saturated carbocycles. The fourth-order valence-electron chi connectivity index (χ4n) is 1.79. The summed E-state index contributed by atoms with van der Waals surface area (Å²) in [6, 6.07) is 2.14. The van der Waals surface area contributed by atoms with Gasteiger partial charge in [-0.15, -0.1) is 11.3 Å². The average Bonchev–Trinajstić information content (AvgIpc) is 2.59. The van der Waals surface area contributed by atoms with Crippen LogP contribution in [0.25, 0.3) is 0 Å². The third-order valence-electron chi connectivity index (χ3n) is 2.57. The topological polar surface area (TPSA) is 46.2 Å². The van der Waals surface area contributed by atoms with Crippen molar-refractivity contribution in [3.63, 3.8) is 0 Å².